The summed E-state index contributed by atoms with van der Waals surface area (Å²) in [6, 6.07) is 5.22. The Balaban J connectivity index is 1.70. The monoisotopic (exact) mass is 351 g/mol. The molecule has 0 aromatic heterocycles. The van der Waals surface area contributed by atoms with Gasteiger partial charge in [0.15, 0.2) is 0 Å². The van der Waals surface area contributed by atoms with Crippen LogP contribution in [-0.4, -0.2) is 41.3 Å². The summed E-state index contributed by atoms with van der Waals surface area (Å²) in [5.74, 6) is -0.968. The lowest BCUT2D eigenvalue weighted by atomic mass is 9.92. The van der Waals surface area contributed by atoms with Crippen molar-refractivity contribution in [3.8, 4) is 0 Å². The van der Waals surface area contributed by atoms with Crippen molar-refractivity contribution < 1.29 is 28.7 Å². The van der Waals surface area contributed by atoms with Crippen LogP contribution >= 0.6 is 0 Å². The second-order valence-electron chi connectivity index (χ2n) is 6.82. The molecule has 1 aliphatic rings. The second-order valence-corrected chi connectivity index (χ2v) is 6.82. The van der Waals surface area contributed by atoms with Crippen LogP contribution in [0.15, 0.2) is 24.3 Å². The first-order valence-corrected chi connectivity index (χ1v) is 7.93. The molecule has 1 aromatic rings. The van der Waals surface area contributed by atoms with Crippen molar-refractivity contribution in [2.24, 2.45) is 0 Å². The minimum Gasteiger partial charge on any atom is -0.459 e. The van der Waals surface area contributed by atoms with Crippen LogP contribution in [0.1, 0.15) is 44.0 Å². The molecule has 136 valence electrons. The maximum absolute atomic E-state index is 12.0. The van der Waals surface area contributed by atoms with Crippen molar-refractivity contribution in [3.05, 3.63) is 39.9 Å². The number of esters is 2. The van der Waals surface area contributed by atoms with E-state index in [1.54, 1.807) is 20.8 Å². The van der Waals surface area contributed by atoms with Crippen LogP contribution < -0.4 is 0 Å². The number of rotatable bonds is 6. The van der Waals surface area contributed by atoms with Gasteiger partial charge in [-0.25, -0.2) is 9.59 Å². The third kappa shape index (κ3) is 5.82. The molecule has 0 radical (unpaired) electrons. The highest BCUT2D eigenvalue weighted by atomic mass is 16.6. The van der Waals surface area contributed by atoms with E-state index in [0.29, 0.717) is 12.8 Å². The Morgan fingerprint density at radius 1 is 1.16 bits per heavy atom. The van der Waals surface area contributed by atoms with Crippen molar-refractivity contribution in [1.82, 2.24) is 0 Å². The van der Waals surface area contributed by atoms with Crippen LogP contribution in [-0.2, 0) is 19.0 Å². The van der Waals surface area contributed by atoms with Gasteiger partial charge in [-0.1, -0.05) is 0 Å². The quantitative estimate of drug-likeness (QED) is 0.441. The third-order valence-electron chi connectivity index (χ3n) is 3.50. The number of ether oxygens (including phenoxy) is 3. The zero-order valence-corrected chi connectivity index (χ0v) is 14.4. The lowest BCUT2D eigenvalue weighted by Gasteiger charge is -2.34. The molecule has 1 aliphatic carbocycles. The fourth-order valence-corrected chi connectivity index (χ4v) is 2.25. The number of carbonyl (C=O) groups excluding carboxylic acids is 2. The lowest BCUT2D eigenvalue weighted by molar-refractivity contribution is -0.384. The number of nitro benzene ring substituents is 1. The predicted octanol–water partition coefficient (Wildman–Crippen LogP) is 2.64. The highest BCUT2D eigenvalue weighted by Crippen LogP contribution is 2.27. The number of hydrogen-bond donors (Lipinski definition) is 0. The van der Waals surface area contributed by atoms with Gasteiger partial charge in [0.25, 0.3) is 5.69 Å². The van der Waals surface area contributed by atoms with E-state index in [-0.39, 0.29) is 30.1 Å². The van der Waals surface area contributed by atoms with Crippen molar-refractivity contribution >= 4 is 17.6 Å². The average molecular weight is 351 g/mol. The molecule has 8 nitrogen and oxygen atoms in total. The molecule has 0 N–H and O–H groups in total. The molecule has 0 saturated heterocycles. The number of carbonyl (C=O) groups is 2. The summed E-state index contributed by atoms with van der Waals surface area (Å²) in [4.78, 5) is 33.5. The number of non-ortho nitro benzene ring substituents is 1. The molecular formula is C17H21NO7. The average Bonchev–Trinajstić information content (AvgIpc) is 2.47. The zero-order valence-electron chi connectivity index (χ0n) is 14.4. The van der Waals surface area contributed by atoms with Crippen LogP contribution in [0.2, 0.25) is 0 Å². The van der Waals surface area contributed by atoms with E-state index >= 15 is 0 Å². The third-order valence-corrected chi connectivity index (χ3v) is 3.50. The molecule has 25 heavy (non-hydrogen) atoms. The first kappa shape index (κ1) is 18.9. The molecule has 1 fully saturated rings. The largest absolute Gasteiger partial charge is 0.459 e. The summed E-state index contributed by atoms with van der Waals surface area (Å²) < 4.78 is 15.8. The molecule has 0 heterocycles. The van der Waals surface area contributed by atoms with Crippen molar-refractivity contribution in [2.45, 2.75) is 51.4 Å². The van der Waals surface area contributed by atoms with Gasteiger partial charge >= 0.3 is 11.9 Å². The first-order valence-electron chi connectivity index (χ1n) is 7.93. The molecule has 1 saturated carbocycles. The number of nitro groups is 1. The second kappa shape index (κ2) is 7.60. The van der Waals surface area contributed by atoms with Crippen LogP contribution in [0.5, 0.6) is 0 Å². The normalized spacial score (nSPS) is 19.6. The van der Waals surface area contributed by atoms with Gasteiger partial charge < -0.3 is 14.2 Å². The molecule has 0 unspecified atom stereocenters. The summed E-state index contributed by atoms with van der Waals surface area (Å²) in [6.07, 6.45) is 0.566. The van der Waals surface area contributed by atoms with E-state index in [0.717, 1.165) is 0 Å². The minimum absolute atomic E-state index is 0.0872. The maximum atomic E-state index is 12.0. The molecule has 2 rings (SSSR count). The first-order chi connectivity index (χ1) is 11.6. The summed E-state index contributed by atoms with van der Waals surface area (Å²) in [5, 5.41) is 10.6. The van der Waals surface area contributed by atoms with E-state index < -0.39 is 22.5 Å². The Bertz CT molecular complexity index is 642. The predicted molar refractivity (Wildman–Crippen MR) is 87.1 cm³/mol. The number of nitrogens with zero attached hydrogens (tertiary/aromatic N) is 1. The minimum atomic E-state index is -0.553. The number of benzene rings is 1. The fourth-order valence-electron chi connectivity index (χ4n) is 2.25. The van der Waals surface area contributed by atoms with E-state index in [9.17, 15) is 19.7 Å². The van der Waals surface area contributed by atoms with E-state index in [2.05, 4.69) is 0 Å². The van der Waals surface area contributed by atoms with Crippen molar-refractivity contribution in [2.75, 3.05) is 6.61 Å². The highest BCUT2D eigenvalue weighted by Gasteiger charge is 2.34. The van der Waals surface area contributed by atoms with Crippen LogP contribution in [0.25, 0.3) is 0 Å². The maximum Gasteiger partial charge on any atom is 0.338 e. The van der Waals surface area contributed by atoms with Crippen LogP contribution in [0.4, 0.5) is 5.69 Å². The Hall–Kier alpha value is -2.48. The van der Waals surface area contributed by atoms with Gasteiger partial charge in [0.05, 0.1) is 16.6 Å². The van der Waals surface area contributed by atoms with Crippen molar-refractivity contribution in [3.63, 3.8) is 0 Å². The molecule has 0 aliphatic heterocycles. The fraction of sp³-hybridized carbons (Fsp3) is 0.529. The Labute approximate surface area is 145 Å². The van der Waals surface area contributed by atoms with Gasteiger partial charge in [0.1, 0.15) is 18.3 Å². The van der Waals surface area contributed by atoms with Gasteiger partial charge in [-0.05, 0) is 32.9 Å². The van der Waals surface area contributed by atoms with Gasteiger partial charge in [-0.15, -0.1) is 0 Å². The summed E-state index contributed by atoms with van der Waals surface area (Å²) in [5.41, 5.74) is -0.386. The van der Waals surface area contributed by atoms with Gasteiger partial charge in [0, 0.05) is 25.0 Å². The lowest BCUT2D eigenvalue weighted by Crippen LogP contribution is -2.40. The topological polar surface area (TPSA) is 105 Å². The highest BCUT2D eigenvalue weighted by molar-refractivity contribution is 5.89. The van der Waals surface area contributed by atoms with E-state index in [1.807, 2.05) is 0 Å². The van der Waals surface area contributed by atoms with Crippen molar-refractivity contribution in [1.29, 1.82) is 0 Å². The molecule has 8 heteroatoms. The van der Waals surface area contributed by atoms with Gasteiger partial charge in [-0.2, -0.15) is 0 Å². The molecule has 0 amide bonds. The molecule has 0 spiro atoms. The standard InChI is InChI=1S/C17H21NO7/c1-17(2,3)25-15(19)10-23-13-8-14(9-13)24-16(20)11-4-6-12(7-5-11)18(21)22/h4-7,13-14H,8-10H2,1-3H3. The molecule has 1 aromatic carbocycles. The van der Waals surface area contributed by atoms with Gasteiger partial charge in [0.2, 0.25) is 0 Å². The van der Waals surface area contributed by atoms with Crippen LogP contribution in [0, 0.1) is 10.1 Å². The summed E-state index contributed by atoms with van der Waals surface area (Å²) >= 11 is 0. The SMILES string of the molecule is CC(C)(C)OC(=O)COC1CC(OC(=O)c2ccc([N+](=O)[O-])cc2)C1. The Morgan fingerprint density at radius 2 is 1.76 bits per heavy atom. The Kier molecular flexibility index (Phi) is 5.73. The molecule has 0 bridgehead atoms. The zero-order chi connectivity index (χ0) is 18.6. The van der Waals surface area contributed by atoms with Crippen LogP contribution in [0.3, 0.4) is 0 Å². The van der Waals surface area contributed by atoms with E-state index in [4.69, 9.17) is 14.2 Å². The number of hydrogen-bond acceptors (Lipinski definition) is 7. The summed E-state index contributed by atoms with van der Waals surface area (Å²) in [7, 11) is 0. The smallest absolute Gasteiger partial charge is 0.338 e. The molecular weight excluding hydrogens is 330 g/mol. The Morgan fingerprint density at radius 3 is 2.28 bits per heavy atom. The van der Waals surface area contributed by atoms with Gasteiger partial charge in [-0.3, -0.25) is 10.1 Å². The van der Waals surface area contributed by atoms with E-state index in [1.165, 1.54) is 24.3 Å². The molecule has 0 atom stereocenters. The summed E-state index contributed by atoms with van der Waals surface area (Å²) in [6.45, 7) is 5.21.